The molecule has 0 aromatic heterocycles. The molecular formula is C13H20. The standard InChI is InChI=1S/C13H20/c1-13(2,3)12-8-10-6-4-5-7-11(10)9-12/h4,6,12H,5,7-9H2,1-3H3. The minimum absolute atomic E-state index is 0.491. The molecule has 1 unspecified atom stereocenters. The Bertz CT molecular complexity index is 260. The van der Waals surface area contributed by atoms with Crippen LogP contribution in [0, 0.1) is 11.3 Å². The van der Waals surface area contributed by atoms with Crippen LogP contribution in [0.1, 0.15) is 46.5 Å². The van der Waals surface area contributed by atoms with E-state index in [-0.39, 0.29) is 0 Å². The fraction of sp³-hybridized carbons (Fsp3) is 0.692. The molecule has 2 rings (SSSR count). The molecule has 0 N–H and O–H groups in total. The monoisotopic (exact) mass is 176 g/mol. The van der Waals surface area contributed by atoms with E-state index in [1.807, 2.05) is 0 Å². The quantitative estimate of drug-likeness (QED) is 0.521. The molecule has 72 valence electrons. The van der Waals surface area contributed by atoms with Gasteiger partial charge >= 0.3 is 0 Å². The summed E-state index contributed by atoms with van der Waals surface area (Å²) >= 11 is 0. The van der Waals surface area contributed by atoms with Crippen molar-refractivity contribution < 1.29 is 0 Å². The molecule has 0 bridgehead atoms. The zero-order chi connectivity index (χ0) is 9.47. The summed E-state index contributed by atoms with van der Waals surface area (Å²) in [7, 11) is 0. The molecule has 0 radical (unpaired) electrons. The average Bonchev–Trinajstić information content (AvgIpc) is 2.45. The third-order valence-corrected chi connectivity index (χ3v) is 3.57. The zero-order valence-electron chi connectivity index (χ0n) is 9.06. The van der Waals surface area contributed by atoms with Gasteiger partial charge in [-0.2, -0.15) is 0 Å². The van der Waals surface area contributed by atoms with E-state index in [0.29, 0.717) is 5.41 Å². The number of hydrogen-bond donors (Lipinski definition) is 0. The number of allylic oxidation sites excluding steroid dienone is 4. The molecule has 0 aromatic carbocycles. The van der Waals surface area contributed by atoms with Crippen LogP contribution in [0.15, 0.2) is 23.3 Å². The average molecular weight is 176 g/mol. The third kappa shape index (κ3) is 1.72. The lowest BCUT2D eigenvalue weighted by Crippen LogP contribution is -2.17. The molecule has 0 amide bonds. The van der Waals surface area contributed by atoms with Gasteiger partial charge in [-0.05, 0) is 42.6 Å². The van der Waals surface area contributed by atoms with Crippen molar-refractivity contribution in [3.8, 4) is 0 Å². The fourth-order valence-corrected chi connectivity index (χ4v) is 2.45. The zero-order valence-corrected chi connectivity index (χ0v) is 9.06. The van der Waals surface area contributed by atoms with Crippen molar-refractivity contribution in [2.45, 2.75) is 46.5 Å². The van der Waals surface area contributed by atoms with Crippen molar-refractivity contribution >= 4 is 0 Å². The van der Waals surface area contributed by atoms with Gasteiger partial charge in [-0.25, -0.2) is 0 Å². The van der Waals surface area contributed by atoms with E-state index < -0.39 is 0 Å². The predicted octanol–water partition coefficient (Wildman–Crippen LogP) is 4.09. The molecular weight excluding hydrogens is 156 g/mol. The highest BCUT2D eigenvalue weighted by Crippen LogP contribution is 2.45. The van der Waals surface area contributed by atoms with Gasteiger partial charge in [0.15, 0.2) is 0 Å². The summed E-state index contributed by atoms with van der Waals surface area (Å²) in [6, 6.07) is 0. The van der Waals surface area contributed by atoms with Crippen molar-refractivity contribution in [3.05, 3.63) is 23.3 Å². The summed E-state index contributed by atoms with van der Waals surface area (Å²) in [6.07, 6.45) is 10.0. The topological polar surface area (TPSA) is 0 Å². The van der Waals surface area contributed by atoms with E-state index in [1.54, 1.807) is 11.1 Å². The first-order valence-electron chi connectivity index (χ1n) is 5.45. The first-order chi connectivity index (χ1) is 6.07. The van der Waals surface area contributed by atoms with Gasteiger partial charge in [-0.3, -0.25) is 0 Å². The maximum atomic E-state index is 2.37. The summed E-state index contributed by atoms with van der Waals surface area (Å²) in [6.45, 7) is 7.12. The summed E-state index contributed by atoms with van der Waals surface area (Å²) in [5, 5.41) is 0. The van der Waals surface area contributed by atoms with E-state index in [0.717, 1.165) is 5.92 Å². The highest BCUT2D eigenvalue weighted by molar-refractivity contribution is 5.34. The normalized spacial score (nSPS) is 28.1. The second kappa shape index (κ2) is 3.01. The van der Waals surface area contributed by atoms with E-state index in [1.165, 1.54) is 25.7 Å². The maximum absolute atomic E-state index is 2.37. The van der Waals surface area contributed by atoms with Crippen LogP contribution in [-0.2, 0) is 0 Å². The Morgan fingerprint density at radius 1 is 1.23 bits per heavy atom. The van der Waals surface area contributed by atoms with Crippen LogP contribution in [-0.4, -0.2) is 0 Å². The van der Waals surface area contributed by atoms with Crippen LogP contribution < -0.4 is 0 Å². The van der Waals surface area contributed by atoms with Gasteiger partial charge in [0.2, 0.25) is 0 Å². The number of hydrogen-bond acceptors (Lipinski definition) is 0. The smallest absolute Gasteiger partial charge is 0.0243 e. The van der Waals surface area contributed by atoms with Crippen molar-refractivity contribution in [1.82, 2.24) is 0 Å². The molecule has 0 saturated heterocycles. The first-order valence-corrected chi connectivity index (χ1v) is 5.45. The summed E-state index contributed by atoms with van der Waals surface area (Å²) in [5.74, 6) is 0.889. The molecule has 0 aliphatic heterocycles. The highest BCUT2D eigenvalue weighted by atomic mass is 14.4. The Morgan fingerprint density at radius 2 is 2.00 bits per heavy atom. The summed E-state index contributed by atoms with van der Waals surface area (Å²) in [5.41, 5.74) is 3.90. The lowest BCUT2D eigenvalue weighted by molar-refractivity contribution is 0.249. The minimum atomic E-state index is 0.491. The van der Waals surface area contributed by atoms with Gasteiger partial charge in [0.05, 0.1) is 0 Å². The van der Waals surface area contributed by atoms with Gasteiger partial charge in [0, 0.05) is 0 Å². The van der Waals surface area contributed by atoms with Crippen LogP contribution in [0.3, 0.4) is 0 Å². The fourth-order valence-electron chi connectivity index (χ4n) is 2.45. The largest absolute Gasteiger partial charge is 0.0839 e. The van der Waals surface area contributed by atoms with Crippen LogP contribution in [0.5, 0.6) is 0 Å². The second-order valence-corrected chi connectivity index (χ2v) is 5.54. The highest BCUT2D eigenvalue weighted by Gasteiger charge is 2.31. The lowest BCUT2D eigenvalue weighted by atomic mass is 9.78. The summed E-state index contributed by atoms with van der Waals surface area (Å²) in [4.78, 5) is 0. The van der Waals surface area contributed by atoms with E-state index >= 15 is 0 Å². The number of rotatable bonds is 0. The molecule has 2 aliphatic carbocycles. The van der Waals surface area contributed by atoms with E-state index in [2.05, 4.69) is 32.9 Å². The van der Waals surface area contributed by atoms with Gasteiger partial charge in [-0.15, -0.1) is 0 Å². The molecule has 0 saturated carbocycles. The molecule has 1 atom stereocenters. The third-order valence-electron chi connectivity index (χ3n) is 3.57. The van der Waals surface area contributed by atoms with E-state index in [4.69, 9.17) is 0 Å². The van der Waals surface area contributed by atoms with Crippen molar-refractivity contribution in [1.29, 1.82) is 0 Å². The second-order valence-electron chi connectivity index (χ2n) is 5.54. The van der Waals surface area contributed by atoms with Crippen molar-refractivity contribution in [3.63, 3.8) is 0 Å². The molecule has 0 nitrogen and oxygen atoms in total. The molecule has 13 heavy (non-hydrogen) atoms. The van der Waals surface area contributed by atoms with Gasteiger partial charge in [0.1, 0.15) is 0 Å². The Balaban J connectivity index is 2.10. The molecule has 0 aromatic rings. The maximum Gasteiger partial charge on any atom is -0.0243 e. The van der Waals surface area contributed by atoms with Gasteiger partial charge < -0.3 is 0 Å². The van der Waals surface area contributed by atoms with E-state index in [9.17, 15) is 0 Å². The molecule has 0 heterocycles. The minimum Gasteiger partial charge on any atom is -0.0839 e. The van der Waals surface area contributed by atoms with Gasteiger partial charge in [0.25, 0.3) is 0 Å². The van der Waals surface area contributed by atoms with Crippen LogP contribution in [0.2, 0.25) is 0 Å². The molecule has 0 spiro atoms. The van der Waals surface area contributed by atoms with Crippen LogP contribution in [0.25, 0.3) is 0 Å². The Labute approximate surface area is 81.7 Å². The predicted molar refractivity (Wildman–Crippen MR) is 57.6 cm³/mol. The Morgan fingerprint density at radius 3 is 2.62 bits per heavy atom. The Kier molecular flexibility index (Phi) is 2.09. The summed E-state index contributed by atoms with van der Waals surface area (Å²) < 4.78 is 0. The Hall–Kier alpha value is -0.520. The first kappa shape index (κ1) is 9.05. The lowest BCUT2D eigenvalue weighted by Gasteiger charge is -2.27. The van der Waals surface area contributed by atoms with Crippen molar-refractivity contribution in [2.24, 2.45) is 11.3 Å². The van der Waals surface area contributed by atoms with Crippen LogP contribution in [0.4, 0.5) is 0 Å². The van der Waals surface area contributed by atoms with Gasteiger partial charge in [-0.1, -0.05) is 38.5 Å². The molecule has 0 fully saturated rings. The molecule has 2 aliphatic rings. The SMILES string of the molecule is CC(C)(C)C1CC2=C(CCC=C2)C1. The van der Waals surface area contributed by atoms with Crippen LogP contribution >= 0.6 is 0 Å². The molecule has 0 heteroatoms. The van der Waals surface area contributed by atoms with Crippen molar-refractivity contribution in [2.75, 3.05) is 0 Å².